The van der Waals surface area contributed by atoms with Crippen LogP contribution < -0.4 is 5.09 Å². The standard InChI is InChI=1S/C25H41N4O3P/c1-18(2)28-22-8-6-7-9-23(22)29(19(3)4)33(28,31)26-24(21-12-10-20(5)11-13-21)25(30)27-14-16-32-17-15-27/h10-13,18-19,22-24H,6-9,14-17H2,1-5H3,(H,26,31)/t22-,23-,24+/m1/s1. The Morgan fingerprint density at radius 3 is 1.97 bits per heavy atom. The van der Waals surface area contributed by atoms with Crippen LogP contribution in [0.25, 0.3) is 0 Å². The number of aryl methyl sites for hydroxylation is 1. The molecule has 2 saturated heterocycles. The number of amides is 1. The highest BCUT2D eigenvalue weighted by Gasteiger charge is 2.58. The molecule has 184 valence electrons. The molecule has 3 atom stereocenters. The Bertz CT molecular complexity index is 841. The van der Waals surface area contributed by atoms with E-state index >= 15 is 4.57 Å². The first kappa shape index (κ1) is 24.9. The summed E-state index contributed by atoms with van der Waals surface area (Å²) in [4.78, 5) is 15.7. The second-order valence-corrected chi connectivity index (χ2v) is 12.6. The highest BCUT2D eigenvalue weighted by molar-refractivity contribution is 7.57. The highest BCUT2D eigenvalue weighted by Crippen LogP contribution is 2.63. The molecule has 7 nitrogen and oxygen atoms in total. The number of morpholine rings is 1. The Kier molecular flexibility index (Phi) is 7.66. The summed E-state index contributed by atoms with van der Waals surface area (Å²) < 4.78 is 25.0. The summed E-state index contributed by atoms with van der Waals surface area (Å²) in [5, 5.41) is 3.52. The van der Waals surface area contributed by atoms with E-state index in [1.165, 1.54) is 12.8 Å². The summed E-state index contributed by atoms with van der Waals surface area (Å²) in [5.41, 5.74) is 2.01. The van der Waals surface area contributed by atoms with Gasteiger partial charge in [-0.25, -0.2) is 14.4 Å². The predicted octanol–water partition coefficient (Wildman–Crippen LogP) is 4.34. The second-order valence-electron chi connectivity index (χ2n) is 10.3. The molecule has 33 heavy (non-hydrogen) atoms. The molecule has 1 aromatic carbocycles. The lowest BCUT2D eigenvalue weighted by Gasteiger charge is -2.39. The summed E-state index contributed by atoms with van der Waals surface area (Å²) in [6, 6.07) is 8.17. The van der Waals surface area contributed by atoms with Gasteiger partial charge in [-0.1, -0.05) is 42.7 Å². The first-order valence-corrected chi connectivity index (χ1v) is 14.2. The zero-order chi connectivity index (χ0) is 23.8. The van der Waals surface area contributed by atoms with Crippen molar-refractivity contribution in [2.75, 3.05) is 26.3 Å². The third kappa shape index (κ3) is 4.81. The SMILES string of the molecule is Cc1ccc([C@H](NP2(=O)N(C(C)C)[C@@H]3CCCC[C@H]3N2C(C)C)C(=O)N2CCOCC2)cc1. The van der Waals surface area contributed by atoms with Crippen molar-refractivity contribution >= 4 is 13.5 Å². The summed E-state index contributed by atoms with van der Waals surface area (Å²) in [7, 11) is -3.21. The maximum Gasteiger partial charge on any atom is 0.286 e. The number of nitrogens with one attached hydrogen (secondary N) is 1. The number of hydrogen-bond donors (Lipinski definition) is 1. The summed E-state index contributed by atoms with van der Waals surface area (Å²) in [6.45, 7) is 12.8. The van der Waals surface area contributed by atoms with Gasteiger partial charge in [-0.15, -0.1) is 0 Å². The molecular formula is C25H41N4O3P. The van der Waals surface area contributed by atoms with E-state index in [-0.39, 0.29) is 30.1 Å². The van der Waals surface area contributed by atoms with Crippen LogP contribution in [0.5, 0.6) is 0 Å². The molecule has 1 aromatic rings. The van der Waals surface area contributed by atoms with E-state index in [1.807, 2.05) is 36.1 Å². The topological polar surface area (TPSA) is 65.1 Å². The van der Waals surface area contributed by atoms with Crippen molar-refractivity contribution in [1.82, 2.24) is 19.3 Å². The normalized spacial score (nSPS) is 27.2. The molecule has 1 amide bonds. The Balaban J connectivity index is 1.75. The van der Waals surface area contributed by atoms with Crippen molar-refractivity contribution in [2.45, 2.75) is 90.5 Å². The van der Waals surface area contributed by atoms with Crippen molar-refractivity contribution in [2.24, 2.45) is 0 Å². The summed E-state index contributed by atoms with van der Waals surface area (Å²) >= 11 is 0. The number of hydrogen-bond acceptors (Lipinski definition) is 3. The van der Waals surface area contributed by atoms with E-state index in [9.17, 15) is 4.79 Å². The van der Waals surface area contributed by atoms with Crippen molar-refractivity contribution < 1.29 is 14.1 Å². The van der Waals surface area contributed by atoms with Crippen LogP contribution in [0.15, 0.2) is 24.3 Å². The number of carbonyl (C=O) groups excluding carboxylic acids is 1. The lowest BCUT2D eigenvalue weighted by molar-refractivity contribution is -0.137. The molecule has 0 bridgehead atoms. The van der Waals surface area contributed by atoms with E-state index < -0.39 is 13.6 Å². The van der Waals surface area contributed by atoms with Crippen LogP contribution in [0.4, 0.5) is 0 Å². The number of benzene rings is 1. The van der Waals surface area contributed by atoms with Crippen LogP contribution in [0, 0.1) is 6.92 Å². The minimum atomic E-state index is -3.21. The van der Waals surface area contributed by atoms with Gasteiger partial charge in [-0.2, -0.15) is 0 Å². The zero-order valence-electron chi connectivity index (χ0n) is 20.9. The van der Waals surface area contributed by atoms with E-state index in [0.717, 1.165) is 24.0 Å². The zero-order valence-corrected chi connectivity index (χ0v) is 21.8. The first-order chi connectivity index (χ1) is 15.7. The molecule has 2 aliphatic heterocycles. The third-order valence-electron chi connectivity index (χ3n) is 7.34. The smallest absolute Gasteiger partial charge is 0.286 e. The molecule has 8 heteroatoms. The number of fused-ring (bicyclic) bond motifs is 1. The number of carbonyl (C=O) groups is 1. The van der Waals surface area contributed by atoms with Gasteiger partial charge in [0, 0.05) is 37.3 Å². The molecule has 0 spiro atoms. The molecule has 0 unspecified atom stereocenters. The minimum Gasteiger partial charge on any atom is -0.378 e. The average molecular weight is 477 g/mol. The van der Waals surface area contributed by atoms with E-state index in [0.29, 0.717) is 26.3 Å². The van der Waals surface area contributed by atoms with Crippen LogP contribution in [0.3, 0.4) is 0 Å². The van der Waals surface area contributed by atoms with Gasteiger partial charge in [0.2, 0.25) is 5.91 Å². The van der Waals surface area contributed by atoms with Crippen LogP contribution in [-0.2, 0) is 14.1 Å². The monoisotopic (exact) mass is 476 g/mol. The fraction of sp³-hybridized carbons (Fsp3) is 0.720. The second kappa shape index (κ2) is 10.2. The van der Waals surface area contributed by atoms with Gasteiger partial charge in [-0.05, 0) is 53.0 Å². The highest BCUT2D eigenvalue weighted by atomic mass is 31.2. The van der Waals surface area contributed by atoms with Crippen molar-refractivity contribution in [1.29, 1.82) is 0 Å². The Morgan fingerprint density at radius 1 is 0.970 bits per heavy atom. The van der Waals surface area contributed by atoms with Gasteiger partial charge < -0.3 is 9.64 Å². The van der Waals surface area contributed by atoms with Crippen molar-refractivity contribution in [3.8, 4) is 0 Å². The Morgan fingerprint density at radius 2 is 1.48 bits per heavy atom. The number of ether oxygens (including phenoxy) is 1. The van der Waals surface area contributed by atoms with Crippen LogP contribution in [0.2, 0.25) is 0 Å². The third-order valence-corrected chi connectivity index (χ3v) is 10.7. The maximum absolute atomic E-state index is 15.1. The molecule has 3 fully saturated rings. The summed E-state index contributed by atoms with van der Waals surface area (Å²) in [6.07, 6.45) is 4.46. The van der Waals surface area contributed by atoms with Crippen LogP contribution >= 0.6 is 7.59 Å². The molecule has 3 aliphatic rings. The number of rotatable bonds is 6. The van der Waals surface area contributed by atoms with Gasteiger partial charge in [0.15, 0.2) is 0 Å². The van der Waals surface area contributed by atoms with Gasteiger partial charge in [0.1, 0.15) is 6.04 Å². The predicted molar refractivity (Wildman–Crippen MR) is 132 cm³/mol. The quantitative estimate of drug-likeness (QED) is 0.617. The van der Waals surface area contributed by atoms with E-state index in [2.05, 4.69) is 42.1 Å². The maximum atomic E-state index is 15.1. The van der Waals surface area contributed by atoms with E-state index in [1.54, 1.807) is 0 Å². The molecule has 2 heterocycles. The van der Waals surface area contributed by atoms with Crippen LogP contribution in [-0.4, -0.2) is 70.6 Å². The first-order valence-electron chi connectivity index (χ1n) is 12.6. The molecule has 1 N–H and O–H groups in total. The molecule has 0 aromatic heterocycles. The fourth-order valence-electron chi connectivity index (χ4n) is 5.92. The molecular weight excluding hydrogens is 435 g/mol. The van der Waals surface area contributed by atoms with Gasteiger partial charge in [-0.3, -0.25) is 9.36 Å². The largest absolute Gasteiger partial charge is 0.378 e. The van der Waals surface area contributed by atoms with Crippen molar-refractivity contribution in [3.63, 3.8) is 0 Å². The molecule has 4 rings (SSSR count). The van der Waals surface area contributed by atoms with Gasteiger partial charge in [0.05, 0.1) is 13.2 Å². The average Bonchev–Trinajstić information content (AvgIpc) is 3.06. The molecule has 1 saturated carbocycles. The van der Waals surface area contributed by atoms with Gasteiger partial charge >= 0.3 is 0 Å². The van der Waals surface area contributed by atoms with E-state index in [4.69, 9.17) is 4.74 Å². The minimum absolute atomic E-state index is 0.0142. The van der Waals surface area contributed by atoms with Gasteiger partial charge in [0.25, 0.3) is 7.59 Å². The fourth-order valence-corrected chi connectivity index (χ4v) is 9.62. The van der Waals surface area contributed by atoms with Crippen LogP contribution in [0.1, 0.15) is 70.5 Å². The lowest BCUT2D eigenvalue weighted by atomic mass is 9.89. The number of nitrogens with zero attached hydrogens (tertiary/aromatic N) is 3. The Labute approximate surface area is 199 Å². The molecule has 0 radical (unpaired) electrons. The van der Waals surface area contributed by atoms with Crippen molar-refractivity contribution in [3.05, 3.63) is 35.4 Å². The summed E-state index contributed by atoms with van der Waals surface area (Å²) in [5.74, 6) is -0.0142. The molecule has 1 aliphatic carbocycles. The Hall–Kier alpha value is -1.24. The lowest BCUT2D eigenvalue weighted by Crippen LogP contribution is -2.48.